The summed E-state index contributed by atoms with van der Waals surface area (Å²) in [4.78, 5) is 17.1. The summed E-state index contributed by atoms with van der Waals surface area (Å²) < 4.78 is 104. The van der Waals surface area contributed by atoms with E-state index in [-0.39, 0.29) is 61.4 Å². The highest BCUT2D eigenvalue weighted by Gasteiger charge is 2.38. The number of hydrogen-bond acceptors (Lipinski definition) is 22. The van der Waals surface area contributed by atoms with E-state index in [0.717, 1.165) is 11.1 Å². The number of aliphatic hydroxyl groups excluding tert-OH is 2. The molecule has 416 valence electrons. The average Bonchev–Trinajstić information content (AvgIpc) is 4.35. The second kappa shape index (κ2) is 25.7. The first-order chi connectivity index (χ1) is 37.4. The molecule has 8 aromatic rings. The summed E-state index contributed by atoms with van der Waals surface area (Å²) >= 11 is 0. The van der Waals surface area contributed by atoms with Gasteiger partial charge in [0.1, 0.15) is 69.6 Å². The van der Waals surface area contributed by atoms with Crippen molar-refractivity contribution in [3.8, 4) is 57.5 Å². The molecule has 0 saturated carbocycles. The Hall–Kier alpha value is -7.62. The van der Waals surface area contributed by atoms with Gasteiger partial charge in [0.15, 0.2) is 54.5 Å². The van der Waals surface area contributed by atoms with Gasteiger partial charge in [-0.3, -0.25) is 9.13 Å². The van der Waals surface area contributed by atoms with Crippen LogP contribution in [0.25, 0.3) is 34.5 Å². The van der Waals surface area contributed by atoms with Crippen LogP contribution in [0.2, 0.25) is 0 Å². The van der Waals surface area contributed by atoms with Crippen molar-refractivity contribution < 1.29 is 64.3 Å². The lowest BCUT2D eigenvalue weighted by atomic mass is 10.2. The summed E-state index contributed by atoms with van der Waals surface area (Å²) in [5.74, 6) is 3.91. The Bertz CT molecular complexity index is 3220. The molecule has 24 nitrogen and oxygen atoms in total. The summed E-state index contributed by atoms with van der Waals surface area (Å²) in [5.41, 5.74) is 2.47. The van der Waals surface area contributed by atoms with Gasteiger partial charge in [-0.05, 0) is 101 Å². The van der Waals surface area contributed by atoms with E-state index in [1.54, 1.807) is 108 Å². The van der Waals surface area contributed by atoms with E-state index >= 15 is 0 Å². The van der Waals surface area contributed by atoms with E-state index in [0.29, 0.717) is 57.4 Å². The maximum Gasteiger partial charge on any atom is 0.204 e. The minimum Gasteiger partial charge on any atom is -0.494 e. The van der Waals surface area contributed by atoms with Crippen LogP contribution in [-0.4, -0.2) is 142 Å². The van der Waals surface area contributed by atoms with Crippen LogP contribution in [0.5, 0.6) is 23.0 Å². The molecular formula is C52H62N10O14S2. The Kier molecular flexibility index (Phi) is 19.1. The minimum absolute atomic E-state index is 0.0850. The van der Waals surface area contributed by atoms with Crippen molar-refractivity contribution in [3.05, 3.63) is 131 Å². The van der Waals surface area contributed by atoms with Gasteiger partial charge in [0.2, 0.25) is 11.6 Å². The lowest BCUT2D eigenvalue weighted by molar-refractivity contribution is 0.0226. The number of para-hydroxylation sites is 2. The molecule has 4 atom stereocenters. The van der Waals surface area contributed by atoms with Gasteiger partial charge >= 0.3 is 0 Å². The topological polar surface area (TPSA) is 303 Å². The first kappa shape index (κ1) is 58.1. The van der Waals surface area contributed by atoms with Gasteiger partial charge in [0.25, 0.3) is 0 Å². The van der Waals surface area contributed by atoms with Crippen LogP contribution in [0.15, 0.2) is 94.3 Å². The number of hydrogen-bond donors (Lipinski definition) is 2. The van der Waals surface area contributed by atoms with Crippen molar-refractivity contribution in [1.29, 1.82) is 0 Å². The zero-order valence-electron chi connectivity index (χ0n) is 44.7. The number of methoxy groups -OCH3 is 4. The van der Waals surface area contributed by atoms with Crippen LogP contribution in [-0.2, 0) is 40.7 Å². The molecule has 0 unspecified atom stereocenters. The molecule has 0 bridgehead atoms. The quantitative estimate of drug-likeness (QED) is 0.0700. The molecule has 0 aliphatic carbocycles. The Balaban J connectivity index is 0.000000226. The van der Waals surface area contributed by atoms with Crippen molar-refractivity contribution in [2.45, 2.75) is 75.8 Å². The minimum atomic E-state index is -3.96. The van der Waals surface area contributed by atoms with Crippen molar-refractivity contribution in [1.82, 2.24) is 49.5 Å². The third-order valence-electron chi connectivity index (χ3n) is 12.2. The molecule has 6 aromatic heterocycles. The molecule has 8 rings (SSSR count). The van der Waals surface area contributed by atoms with Gasteiger partial charge in [-0.2, -0.15) is 0 Å². The number of nitrogens with zero attached hydrogens (tertiary/aromatic N) is 10. The van der Waals surface area contributed by atoms with Crippen LogP contribution in [0, 0.1) is 27.7 Å². The van der Waals surface area contributed by atoms with Gasteiger partial charge in [-0.1, -0.05) is 12.1 Å². The summed E-state index contributed by atoms with van der Waals surface area (Å²) in [6.07, 6.45) is 4.29. The summed E-state index contributed by atoms with van der Waals surface area (Å²) in [6, 6.07) is 17.4. The standard InChI is InChI=1S/2C26H31N5O7S/c2*1-16-13-27-25(28-14-16)24(37-12-11-32)18(3)39(33,34)15-22-29-30-26(21-10-9-17(2)38-21)31(22)23-19(35-4)7-6-8-20(23)36-5/h2*6-10,13-14,18,24,32H,11-12,15H2,1-5H3/t2*18-,24+/m10/s1. The van der Waals surface area contributed by atoms with Gasteiger partial charge in [0.05, 0.1) is 65.4 Å². The van der Waals surface area contributed by atoms with Crippen molar-refractivity contribution in [3.63, 3.8) is 0 Å². The van der Waals surface area contributed by atoms with Crippen LogP contribution >= 0.6 is 0 Å². The summed E-state index contributed by atoms with van der Waals surface area (Å²) in [6.45, 7) is 9.52. The Morgan fingerprint density at radius 2 is 0.846 bits per heavy atom. The van der Waals surface area contributed by atoms with Gasteiger partial charge in [0, 0.05) is 24.8 Å². The number of furan rings is 2. The Morgan fingerprint density at radius 3 is 1.13 bits per heavy atom. The molecule has 0 fully saturated rings. The predicted octanol–water partition coefficient (Wildman–Crippen LogP) is 6.01. The highest BCUT2D eigenvalue weighted by atomic mass is 32.2. The molecule has 6 heterocycles. The number of aromatic nitrogens is 10. The normalized spacial score (nSPS) is 13.3. The molecule has 78 heavy (non-hydrogen) atoms. The van der Waals surface area contributed by atoms with Gasteiger partial charge < -0.3 is 47.5 Å². The number of benzene rings is 2. The molecule has 0 aliphatic heterocycles. The zero-order valence-corrected chi connectivity index (χ0v) is 46.3. The van der Waals surface area contributed by atoms with Crippen molar-refractivity contribution in [2.75, 3.05) is 54.9 Å². The van der Waals surface area contributed by atoms with Gasteiger partial charge in [-0.15, -0.1) is 20.4 Å². The third kappa shape index (κ3) is 13.0. The van der Waals surface area contributed by atoms with E-state index in [2.05, 4.69) is 40.3 Å². The second-order valence-electron chi connectivity index (χ2n) is 17.7. The number of sulfone groups is 2. The van der Waals surface area contributed by atoms with Crippen molar-refractivity contribution >= 4 is 19.7 Å². The van der Waals surface area contributed by atoms with Crippen LogP contribution in [0.4, 0.5) is 0 Å². The molecule has 0 radical (unpaired) electrons. The largest absolute Gasteiger partial charge is 0.494 e. The molecule has 0 amide bonds. The summed E-state index contributed by atoms with van der Waals surface area (Å²) in [5, 5.41) is 33.6. The predicted molar refractivity (Wildman–Crippen MR) is 283 cm³/mol. The van der Waals surface area contributed by atoms with Gasteiger partial charge in [-0.25, -0.2) is 36.8 Å². The molecule has 0 saturated heterocycles. The number of rotatable bonds is 24. The van der Waals surface area contributed by atoms with Crippen LogP contribution < -0.4 is 18.9 Å². The fourth-order valence-corrected chi connectivity index (χ4v) is 10.9. The van der Waals surface area contributed by atoms with E-state index in [4.69, 9.17) is 37.3 Å². The molecule has 0 aliphatic rings. The van der Waals surface area contributed by atoms with Crippen LogP contribution in [0.3, 0.4) is 0 Å². The average molecular weight is 1120 g/mol. The number of aliphatic hydroxyl groups is 2. The van der Waals surface area contributed by atoms with Crippen molar-refractivity contribution in [2.24, 2.45) is 0 Å². The van der Waals surface area contributed by atoms with E-state index in [9.17, 15) is 27.0 Å². The highest BCUT2D eigenvalue weighted by molar-refractivity contribution is 7.91. The molecule has 26 heteroatoms. The third-order valence-corrected chi connectivity index (χ3v) is 16.2. The number of aryl methyl sites for hydroxylation is 4. The van der Waals surface area contributed by atoms with E-state index < -0.39 is 53.9 Å². The van der Waals surface area contributed by atoms with E-state index in [1.165, 1.54) is 42.3 Å². The molecule has 2 N–H and O–H groups in total. The fraction of sp³-hybridized carbons (Fsp3) is 0.385. The highest BCUT2D eigenvalue weighted by Crippen LogP contribution is 2.40. The molecule has 2 aromatic carbocycles. The fourth-order valence-electron chi connectivity index (χ4n) is 8.12. The molecular weight excluding hydrogens is 1050 g/mol. The zero-order chi connectivity index (χ0) is 56.3. The second-order valence-corrected chi connectivity index (χ2v) is 22.4. The number of ether oxygens (including phenoxy) is 6. The first-order valence-corrected chi connectivity index (χ1v) is 27.7. The summed E-state index contributed by atoms with van der Waals surface area (Å²) in [7, 11) is -1.90. The smallest absolute Gasteiger partial charge is 0.204 e. The Labute approximate surface area is 451 Å². The SMILES string of the molecule is COc1cccc(OC)c1-n1c(CS(=O)(=O)[C@@H](C)[C@@H](OCCO)c2ncc(C)cn2)nnc1-c1ccc(C)o1.COc1cccc(OC)c1-n1c(CS(=O)(=O)[C@H](C)[C@H](OCCO)c2ncc(C)cn2)nnc1-c1ccc(C)o1. The lowest BCUT2D eigenvalue weighted by Gasteiger charge is -2.23. The maximum atomic E-state index is 13.8. The maximum absolute atomic E-state index is 13.8. The molecule has 0 spiro atoms. The Morgan fingerprint density at radius 1 is 0.513 bits per heavy atom. The van der Waals surface area contributed by atoms with Crippen LogP contribution in [0.1, 0.15) is 72.0 Å². The van der Waals surface area contributed by atoms with E-state index in [1.807, 2.05) is 13.8 Å². The lowest BCUT2D eigenvalue weighted by Crippen LogP contribution is -2.31. The first-order valence-electron chi connectivity index (χ1n) is 24.3. The monoisotopic (exact) mass is 1110 g/mol.